The molecule has 0 aromatic heterocycles. The first kappa shape index (κ1) is 18.0. The van der Waals surface area contributed by atoms with Gasteiger partial charge in [0.2, 0.25) is 0 Å². The molecule has 122 valence electrons. The Labute approximate surface area is 127 Å². The maximum Gasteiger partial charge on any atom is 0.309 e. The van der Waals surface area contributed by atoms with E-state index in [1.54, 1.807) is 0 Å². The van der Waals surface area contributed by atoms with Gasteiger partial charge in [0.25, 0.3) is 0 Å². The molecule has 0 aromatic rings. The molecule has 2 amide bonds. The summed E-state index contributed by atoms with van der Waals surface area (Å²) in [6.07, 6.45) is 13.1. The van der Waals surface area contributed by atoms with E-state index >= 15 is 0 Å². The van der Waals surface area contributed by atoms with Gasteiger partial charge >= 0.3 is 11.8 Å². The van der Waals surface area contributed by atoms with E-state index in [9.17, 15) is 9.59 Å². The first-order valence-electron chi connectivity index (χ1n) is 8.43. The largest absolute Gasteiger partial charge is 0.395 e. The molecule has 0 aliphatic heterocycles. The van der Waals surface area contributed by atoms with Crippen LogP contribution in [0, 0.1) is 0 Å². The average molecular weight is 298 g/mol. The molecular weight excluding hydrogens is 268 g/mol. The second-order valence-corrected chi connectivity index (χ2v) is 5.91. The Morgan fingerprint density at radius 3 is 1.76 bits per heavy atom. The van der Waals surface area contributed by atoms with Gasteiger partial charge in [-0.25, -0.2) is 0 Å². The quantitative estimate of drug-likeness (QED) is 0.696. The fourth-order valence-corrected chi connectivity index (χ4v) is 2.81. The molecule has 0 spiro atoms. The predicted molar refractivity (Wildman–Crippen MR) is 82.8 cm³/mol. The first-order chi connectivity index (χ1) is 10.2. The zero-order valence-electron chi connectivity index (χ0n) is 13.0. The highest BCUT2D eigenvalue weighted by molar-refractivity contribution is 6.35. The van der Waals surface area contributed by atoms with Crippen molar-refractivity contribution in [2.75, 3.05) is 13.2 Å². The van der Waals surface area contributed by atoms with Crippen LogP contribution >= 0.6 is 0 Å². The summed E-state index contributed by atoms with van der Waals surface area (Å²) in [4.78, 5) is 23.3. The van der Waals surface area contributed by atoms with Gasteiger partial charge in [-0.3, -0.25) is 9.59 Å². The molecule has 1 fully saturated rings. The van der Waals surface area contributed by atoms with Gasteiger partial charge in [0.15, 0.2) is 0 Å². The summed E-state index contributed by atoms with van der Waals surface area (Å²) in [6.45, 7) is -0.0284. The van der Waals surface area contributed by atoms with Crippen LogP contribution in [0.3, 0.4) is 0 Å². The van der Waals surface area contributed by atoms with Gasteiger partial charge in [-0.1, -0.05) is 57.8 Å². The number of carbonyl (C=O) groups is 2. The van der Waals surface area contributed by atoms with Gasteiger partial charge in [0.05, 0.1) is 6.61 Å². The normalized spacial score (nSPS) is 19.1. The molecule has 0 atom stereocenters. The maximum absolute atomic E-state index is 11.8. The molecule has 0 radical (unpaired) electrons. The molecular formula is C16H30N2O3. The van der Waals surface area contributed by atoms with Crippen LogP contribution in [-0.2, 0) is 9.59 Å². The summed E-state index contributed by atoms with van der Waals surface area (Å²) in [5.41, 5.74) is 0. The van der Waals surface area contributed by atoms with Crippen LogP contribution in [-0.4, -0.2) is 36.1 Å². The van der Waals surface area contributed by atoms with Crippen LogP contribution in [0.2, 0.25) is 0 Å². The van der Waals surface area contributed by atoms with Gasteiger partial charge in [-0.2, -0.15) is 0 Å². The van der Waals surface area contributed by atoms with E-state index in [1.165, 1.54) is 44.9 Å². The van der Waals surface area contributed by atoms with E-state index in [1.807, 2.05) is 0 Å². The topological polar surface area (TPSA) is 78.4 Å². The second-order valence-electron chi connectivity index (χ2n) is 5.91. The fourth-order valence-electron chi connectivity index (χ4n) is 2.81. The number of hydrogen-bond acceptors (Lipinski definition) is 3. The lowest BCUT2D eigenvalue weighted by molar-refractivity contribution is -0.139. The number of aliphatic hydroxyl groups is 1. The monoisotopic (exact) mass is 298 g/mol. The van der Waals surface area contributed by atoms with Crippen molar-refractivity contribution in [1.29, 1.82) is 0 Å². The minimum absolute atomic E-state index is 0.108. The first-order valence-corrected chi connectivity index (χ1v) is 8.43. The molecule has 1 saturated carbocycles. The SMILES string of the molecule is O=C(NCCO)C(=O)NC1CCCCCCCCCCC1. The lowest BCUT2D eigenvalue weighted by Crippen LogP contribution is -2.45. The Bertz CT molecular complexity index is 296. The van der Waals surface area contributed by atoms with Crippen molar-refractivity contribution >= 4 is 11.8 Å². The Morgan fingerprint density at radius 1 is 0.810 bits per heavy atom. The Hall–Kier alpha value is -1.10. The third-order valence-electron chi connectivity index (χ3n) is 4.04. The zero-order valence-corrected chi connectivity index (χ0v) is 13.0. The van der Waals surface area contributed by atoms with E-state index in [0.717, 1.165) is 25.7 Å². The number of nitrogens with one attached hydrogen (secondary N) is 2. The number of hydrogen-bond donors (Lipinski definition) is 3. The van der Waals surface area contributed by atoms with E-state index in [4.69, 9.17) is 5.11 Å². The predicted octanol–water partition coefficient (Wildman–Crippen LogP) is 1.88. The van der Waals surface area contributed by atoms with E-state index in [0.29, 0.717) is 0 Å². The Balaban J connectivity index is 2.36. The molecule has 1 rings (SSSR count). The van der Waals surface area contributed by atoms with Crippen molar-refractivity contribution in [3.63, 3.8) is 0 Å². The molecule has 3 N–H and O–H groups in total. The summed E-state index contributed by atoms with van der Waals surface area (Å²) in [6, 6.07) is 0.108. The third-order valence-corrected chi connectivity index (χ3v) is 4.04. The van der Waals surface area contributed by atoms with E-state index in [2.05, 4.69) is 10.6 Å². The lowest BCUT2D eigenvalue weighted by Gasteiger charge is -2.19. The van der Waals surface area contributed by atoms with E-state index in [-0.39, 0.29) is 19.2 Å². The number of rotatable bonds is 3. The van der Waals surface area contributed by atoms with Crippen molar-refractivity contribution in [1.82, 2.24) is 10.6 Å². The molecule has 0 saturated heterocycles. The zero-order chi connectivity index (χ0) is 15.3. The van der Waals surface area contributed by atoms with Crippen molar-refractivity contribution in [2.24, 2.45) is 0 Å². The van der Waals surface area contributed by atoms with Gasteiger partial charge in [-0.05, 0) is 12.8 Å². The summed E-state index contributed by atoms with van der Waals surface area (Å²) in [7, 11) is 0. The van der Waals surface area contributed by atoms with Crippen molar-refractivity contribution < 1.29 is 14.7 Å². The van der Waals surface area contributed by atoms with Crippen LogP contribution in [0.4, 0.5) is 0 Å². The van der Waals surface area contributed by atoms with Crippen LogP contribution in [0.25, 0.3) is 0 Å². The Kier molecular flexibility index (Phi) is 9.87. The standard InChI is InChI=1S/C16H30N2O3/c19-13-12-17-15(20)16(21)18-14-10-8-6-4-2-1-3-5-7-9-11-14/h14,19H,1-13H2,(H,17,20)(H,18,21). The van der Waals surface area contributed by atoms with Gasteiger partial charge in [0, 0.05) is 12.6 Å². The number of carbonyl (C=O) groups excluding carboxylic acids is 2. The highest BCUT2D eigenvalue weighted by atomic mass is 16.3. The van der Waals surface area contributed by atoms with Gasteiger partial charge in [-0.15, -0.1) is 0 Å². The second kappa shape index (κ2) is 11.5. The molecule has 5 nitrogen and oxygen atoms in total. The summed E-state index contributed by atoms with van der Waals surface area (Å²) < 4.78 is 0. The number of aliphatic hydroxyl groups excluding tert-OH is 1. The minimum Gasteiger partial charge on any atom is -0.395 e. The Morgan fingerprint density at radius 2 is 1.29 bits per heavy atom. The van der Waals surface area contributed by atoms with Crippen molar-refractivity contribution in [2.45, 2.75) is 76.7 Å². The van der Waals surface area contributed by atoms with Crippen LogP contribution in [0.15, 0.2) is 0 Å². The molecule has 0 bridgehead atoms. The van der Waals surface area contributed by atoms with Gasteiger partial charge < -0.3 is 15.7 Å². The smallest absolute Gasteiger partial charge is 0.309 e. The summed E-state index contributed by atoms with van der Waals surface area (Å²) in [5, 5.41) is 13.9. The molecule has 0 aromatic carbocycles. The third kappa shape index (κ3) is 8.71. The minimum atomic E-state index is -0.643. The van der Waals surface area contributed by atoms with Gasteiger partial charge in [0.1, 0.15) is 0 Å². The lowest BCUT2D eigenvalue weighted by atomic mass is 9.98. The van der Waals surface area contributed by atoms with Crippen molar-refractivity contribution in [3.8, 4) is 0 Å². The fraction of sp³-hybridized carbons (Fsp3) is 0.875. The highest BCUT2D eigenvalue weighted by Gasteiger charge is 2.18. The molecule has 1 aliphatic carbocycles. The molecule has 0 heterocycles. The highest BCUT2D eigenvalue weighted by Crippen LogP contribution is 2.16. The molecule has 5 heteroatoms. The number of amides is 2. The molecule has 1 aliphatic rings. The average Bonchev–Trinajstić information content (AvgIpc) is 2.47. The van der Waals surface area contributed by atoms with E-state index < -0.39 is 11.8 Å². The van der Waals surface area contributed by atoms with Crippen molar-refractivity contribution in [3.05, 3.63) is 0 Å². The maximum atomic E-state index is 11.8. The van der Waals surface area contributed by atoms with Crippen LogP contribution < -0.4 is 10.6 Å². The molecule has 21 heavy (non-hydrogen) atoms. The summed E-state index contributed by atoms with van der Waals surface area (Å²) in [5.74, 6) is -1.21. The summed E-state index contributed by atoms with van der Waals surface area (Å²) >= 11 is 0. The van der Waals surface area contributed by atoms with Crippen LogP contribution in [0.1, 0.15) is 70.6 Å². The molecule has 0 unspecified atom stereocenters. The van der Waals surface area contributed by atoms with Crippen LogP contribution in [0.5, 0.6) is 0 Å².